The predicted molar refractivity (Wildman–Crippen MR) is 86.5 cm³/mol. The van der Waals surface area contributed by atoms with Crippen LogP contribution in [0.5, 0.6) is 5.75 Å². The zero-order valence-electron chi connectivity index (χ0n) is 11.6. The van der Waals surface area contributed by atoms with Gasteiger partial charge in [-0.15, -0.1) is 0 Å². The van der Waals surface area contributed by atoms with Gasteiger partial charge in [0.15, 0.2) is 5.11 Å². The van der Waals surface area contributed by atoms with E-state index in [4.69, 9.17) is 12.2 Å². The summed E-state index contributed by atoms with van der Waals surface area (Å²) in [5, 5.41) is 16.0. The molecule has 0 heterocycles. The van der Waals surface area contributed by atoms with Crippen LogP contribution in [-0.4, -0.2) is 16.4 Å². The number of thiocarbonyl (C=S) groups is 1. The van der Waals surface area contributed by atoms with E-state index in [1.165, 1.54) is 24.4 Å². The Labute approximate surface area is 135 Å². The van der Waals surface area contributed by atoms with Crippen LogP contribution in [0, 0.1) is 0 Å². The number of phenols is 1. The molecule has 2 aromatic carbocycles. The summed E-state index contributed by atoms with van der Waals surface area (Å²) in [5.41, 5.74) is 2.35. The van der Waals surface area contributed by atoms with Crippen LogP contribution < -0.4 is 10.7 Å². The highest BCUT2D eigenvalue weighted by Gasteiger charge is 2.30. The first-order chi connectivity index (χ1) is 10.9. The van der Waals surface area contributed by atoms with Crippen molar-refractivity contribution >= 4 is 29.2 Å². The second-order valence-corrected chi connectivity index (χ2v) is 4.87. The molecule has 2 rings (SSSR count). The predicted octanol–water partition coefficient (Wildman–Crippen LogP) is 3.73. The number of benzene rings is 2. The van der Waals surface area contributed by atoms with Gasteiger partial charge in [0.2, 0.25) is 0 Å². The van der Waals surface area contributed by atoms with Gasteiger partial charge in [0.1, 0.15) is 5.75 Å². The Balaban J connectivity index is 1.97. The average molecular weight is 339 g/mol. The van der Waals surface area contributed by atoms with E-state index < -0.39 is 11.7 Å². The van der Waals surface area contributed by atoms with Crippen molar-refractivity contribution in [1.82, 2.24) is 5.43 Å². The molecular formula is C15H12F3N3OS. The van der Waals surface area contributed by atoms with Crippen molar-refractivity contribution in [2.24, 2.45) is 5.10 Å². The van der Waals surface area contributed by atoms with Crippen molar-refractivity contribution in [3.8, 4) is 5.75 Å². The Hall–Kier alpha value is -2.61. The lowest BCUT2D eigenvalue weighted by Gasteiger charge is -2.10. The van der Waals surface area contributed by atoms with Crippen molar-refractivity contribution in [3.05, 3.63) is 59.7 Å². The summed E-state index contributed by atoms with van der Waals surface area (Å²) in [7, 11) is 0. The Kier molecular flexibility index (Phi) is 5.17. The van der Waals surface area contributed by atoms with Gasteiger partial charge in [0, 0.05) is 11.3 Å². The van der Waals surface area contributed by atoms with Gasteiger partial charge in [0.25, 0.3) is 0 Å². The highest BCUT2D eigenvalue weighted by Crippen LogP contribution is 2.30. The highest BCUT2D eigenvalue weighted by molar-refractivity contribution is 7.80. The maximum Gasteiger partial charge on any atom is 0.416 e. The van der Waals surface area contributed by atoms with Crippen molar-refractivity contribution in [2.75, 3.05) is 5.32 Å². The molecule has 4 nitrogen and oxygen atoms in total. The maximum absolute atomic E-state index is 12.6. The van der Waals surface area contributed by atoms with Crippen molar-refractivity contribution in [1.29, 1.82) is 0 Å². The second-order valence-electron chi connectivity index (χ2n) is 4.46. The third-order valence-corrected chi connectivity index (χ3v) is 2.95. The molecule has 0 unspecified atom stereocenters. The third-order valence-electron chi connectivity index (χ3n) is 2.75. The van der Waals surface area contributed by atoms with Crippen molar-refractivity contribution in [2.45, 2.75) is 6.18 Å². The standard InChI is InChI=1S/C15H12F3N3OS/c16-15(17,18)11-5-3-6-12(8-11)20-14(23)21-19-9-10-4-1-2-7-13(10)22/h1-9,22H,(H2,20,21,23)/b19-9-. The molecule has 0 aliphatic heterocycles. The Morgan fingerprint density at radius 3 is 2.57 bits per heavy atom. The normalized spacial score (nSPS) is 11.4. The molecule has 120 valence electrons. The molecule has 0 aliphatic rings. The second kappa shape index (κ2) is 7.10. The van der Waals surface area contributed by atoms with Gasteiger partial charge in [-0.3, -0.25) is 5.43 Å². The molecule has 0 aliphatic carbocycles. The Bertz CT molecular complexity index is 732. The van der Waals surface area contributed by atoms with Crippen LogP contribution in [0.2, 0.25) is 0 Å². The number of halogens is 3. The third kappa shape index (κ3) is 4.96. The van der Waals surface area contributed by atoms with Gasteiger partial charge >= 0.3 is 6.18 Å². The SMILES string of the molecule is Oc1ccccc1/C=N\NC(=S)Nc1cccc(C(F)(F)F)c1. The van der Waals surface area contributed by atoms with E-state index in [1.54, 1.807) is 18.2 Å². The number of anilines is 1. The van der Waals surface area contributed by atoms with Crippen LogP contribution in [0.15, 0.2) is 53.6 Å². The van der Waals surface area contributed by atoms with E-state index in [0.29, 0.717) is 5.56 Å². The molecule has 0 spiro atoms. The van der Waals surface area contributed by atoms with Gasteiger partial charge in [-0.25, -0.2) is 0 Å². The lowest BCUT2D eigenvalue weighted by Crippen LogP contribution is -2.24. The molecule has 23 heavy (non-hydrogen) atoms. The summed E-state index contributed by atoms with van der Waals surface area (Å²) in [6.07, 6.45) is -3.08. The number of hydrogen-bond donors (Lipinski definition) is 3. The molecule has 0 radical (unpaired) electrons. The quantitative estimate of drug-likeness (QED) is 0.453. The summed E-state index contributed by atoms with van der Waals surface area (Å²) in [5.74, 6) is 0.0507. The average Bonchev–Trinajstić information content (AvgIpc) is 2.48. The number of nitrogens with one attached hydrogen (secondary N) is 2. The highest BCUT2D eigenvalue weighted by atomic mass is 32.1. The van der Waals surface area contributed by atoms with Gasteiger partial charge < -0.3 is 10.4 Å². The molecule has 0 saturated carbocycles. The zero-order valence-corrected chi connectivity index (χ0v) is 12.4. The molecule has 0 fully saturated rings. The fourth-order valence-electron chi connectivity index (χ4n) is 1.69. The van der Waals surface area contributed by atoms with E-state index in [9.17, 15) is 18.3 Å². The summed E-state index contributed by atoms with van der Waals surface area (Å²) >= 11 is 4.94. The van der Waals surface area contributed by atoms with Crippen molar-refractivity contribution in [3.63, 3.8) is 0 Å². The fraction of sp³-hybridized carbons (Fsp3) is 0.0667. The molecular weight excluding hydrogens is 327 g/mol. The van der Waals surface area contributed by atoms with Gasteiger partial charge in [-0.2, -0.15) is 18.3 Å². The lowest BCUT2D eigenvalue weighted by molar-refractivity contribution is -0.137. The topological polar surface area (TPSA) is 56.7 Å². The van der Waals surface area contributed by atoms with Crippen LogP contribution in [0.3, 0.4) is 0 Å². The van der Waals surface area contributed by atoms with Gasteiger partial charge in [0.05, 0.1) is 11.8 Å². The summed E-state index contributed by atoms with van der Waals surface area (Å²) < 4.78 is 37.8. The minimum Gasteiger partial charge on any atom is -0.507 e. The number of aromatic hydroxyl groups is 1. The summed E-state index contributed by atoms with van der Waals surface area (Å²) in [4.78, 5) is 0. The van der Waals surface area contributed by atoms with E-state index in [2.05, 4.69) is 15.8 Å². The number of alkyl halides is 3. The van der Waals surface area contributed by atoms with Crippen molar-refractivity contribution < 1.29 is 18.3 Å². The van der Waals surface area contributed by atoms with Crippen LogP contribution in [0.1, 0.15) is 11.1 Å². The largest absolute Gasteiger partial charge is 0.507 e. The molecule has 0 aromatic heterocycles. The van der Waals surface area contributed by atoms with Crippen LogP contribution in [0.25, 0.3) is 0 Å². The van der Waals surface area contributed by atoms with Gasteiger partial charge in [-0.1, -0.05) is 18.2 Å². The Morgan fingerprint density at radius 1 is 1.13 bits per heavy atom. The Morgan fingerprint density at radius 2 is 1.87 bits per heavy atom. The molecule has 0 atom stereocenters. The maximum atomic E-state index is 12.6. The summed E-state index contributed by atoms with van der Waals surface area (Å²) in [6.45, 7) is 0. The molecule has 0 amide bonds. The number of phenolic OH excluding ortho intramolecular Hbond substituents is 1. The molecule has 3 N–H and O–H groups in total. The number of nitrogens with zero attached hydrogens (tertiary/aromatic N) is 1. The smallest absolute Gasteiger partial charge is 0.416 e. The number of para-hydroxylation sites is 1. The fourth-order valence-corrected chi connectivity index (χ4v) is 1.86. The van der Waals surface area contributed by atoms with E-state index in [0.717, 1.165) is 12.1 Å². The zero-order chi connectivity index (χ0) is 16.9. The van der Waals surface area contributed by atoms with Gasteiger partial charge in [-0.05, 0) is 42.5 Å². The first kappa shape index (κ1) is 16.8. The minimum atomic E-state index is -4.42. The first-order valence-electron chi connectivity index (χ1n) is 6.41. The van der Waals surface area contributed by atoms with Crippen LogP contribution in [-0.2, 0) is 6.18 Å². The summed E-state index contributed by atoms with van der Waals surface area (Å²) in [6, 6.07) is 11.2. The molecule has 2 aromatic rings. The number of rotatable bonds is 3. The molecule has 0 bridgehead atoms. The molecule has 0 saturated heterocycles. The van der Waals surface area contributed by atoms with Crippen LogP contribution in [0.4, 0.5) is 18.9 Å². The minimum absolute atomic E-state index is 0.0241. The number of hydrogen-bond acceptors (Lipinski definition) is 3. The first-order valence-corrected chi connectivity index (χ1v) is 6.82. The number of hydrazone groups is 1. The molecule has 8 heteroatoms. The lowest BCUT2D eigenvalue weighted by atomic mass is 10.2. The van der Waals surface area contributed by atoms with E-state index in [-0.39, 0.29) is 16.5 Å². The monoisotopic (exact) mass is 339 g/mol. The van der Waals surface area contributed by atoms with E-state index in [1.807, 2.05) is 0 Å². The van der Waals surface area contributed by atoms with Crippen LogP contribution >= 0.6 is 12.2 Å². The van der Waals surface area contributed by atoms with E-state index >= 15 is 0 Å².